The van der Waals surface area contributed by atoms with Gasteiger partial charge in [0, 0.05) is 42.5 Å². The highest BCUT2D eigenvalue weighted by Crippen LogP contribution is 2.45. The van der Waals surface area contributed by atoms with Crippen LogP contribution in [0.2, 0.25) is 5.02 Å². The smallest absolute Gasteiger partial charge is 0.330 e. The van der Waals surface area contributed by atoms with E-state index >= 15 is 4.39 Å². The number of anilines is 3. The van der Waals surface area contributed by atoms with Crippen LogP contribution in [0, 0.1) is 5.82 Å². The van der Waals surface area contributed by atoms with Crippen molar-refractivity contribution in [2.24, 2.45) is 0 Å². The number of phenols is 1. The number of carbonyl (C=O) groups excluding carboxylic acids is 1. The molecule has 0 bridgehead atoms. The third-order valence-electron chi connectivity index (χ3n) is 7.92. The van der Waals surface area contributed by atoms with Crippen LogP contribution >= 0.6 is 11.6 Å². The molecule has 0 saturated heterocycles. The Kier molecular flexibility index (Phi) is 10.5. The molecule has 41 heavy (non-hydrogen) atoms. The fourth-order valence-corrected chi connectivity index (χ4v) is 6.21. The number of halogens is 2. The van der Waals surface area contributed by atoms with Gasteiger partial charge in [0.1, 0.15) is 22.3 Å². The molecule has 2 amide bonds. The van der Waals surface area contributed by atoms with Crippen molar-refractivity contribution in [3.63, 3.8) is 0 Å². The topological polar surface area (TPSA) is 94.1 Å². The monoisotopic (exact) mass is 590 g/mol. The Morgan fingerprint density at radius 2 is 1.90 bits per heavy atom. The molecule has 1 aromatic carbocycles. The number of aromatic nitrogens is 2. The number of unbranched alkanes of at least 4 members (excludes halogenated alkanes) is 2. The van der Waals surface area contributed by atoms with Crippen molar-refractivity contribution in [2.75, 3.05) is 34.8 Å². The van der Waals surface area contributed by atoms with Gasteiger partial charge in [-0.25, -0.2) is 14.2 Å². The Morgan fingerprint density at radius 3 is 2.56 bits per heavy atom. The van der Waals surface area contributed by atoms with Crippen molar-refractivity contribution in [1.82, 2.24) is 14.9 Å². The Bertz CT molecular complexity index is 1200. The molecule has 0 unspecified atom stereocenters. The summed E-state index contributed by atoms with van der Waals surface area (Å²) in [6.45, 7) is 12.8. The molecule has 1 aliphatic carbocycles. The van der Waals surface area contributed by atoms with Crippen LogP contribution in [0.25, 0.3) is 0 Å². The van der Waals surface area contributed by atoms with Crippen LogP contribution < -0.4 is 19.9 Å². The minimum atomic E-state index is -0.967. The number of hydrogen-bond acceptors (Lipinski definition) is 7. The SMILES string of the molecule is CCOc1cc(O)c(F)c(N2Cc3cnc(NCCCCCN(C(C)C)C(C)C)nc3N(C3CCCC3)C2=O)c1Cl. The minimum absolute atomic E-state index is 0.0194. The number of aromatic hydroxyl groups is 1. The van der Waals surface area contributed by atoms with Crippen molar-refractivity contribution in [3.05, 3.63) is 28.7 Å². The zero-order valence-corrected chi connectivity index (χ0v) is 25.7. The zero-order chi connectivity index (χ0) is 29.7. The number of nitrogens with zero attached hydrogens (tertiary/aromatic N) is 5. The number of amides is 2. The van der Waals surface area contributed by atoms with Gasteiger partial charge in [0.2, 0.25) is 5.95 Å². The maximum Gasteiger partial charge on any atom is 0.330 e. The minimum Gasteiger partial charge on any atom is -0.505 e. The largest absolute Gasteiger partial charge is 0.505 e. The first kappa shape index (κ1) is 31.1. The van der Waals surface area contributed by atoms with Crippen LogP contribution in [0.4, 0.5) is 26.6 Å². The average molecular weight is 591 g/mol. The van der Waals surface area contributed by atoms with Crippen LogP contribution in [-0.4, -0.2) is 63.8 Å². The molecule has 1 aliphatic heterocycles. The molecular formula is C30H44ClFN6O3. The summed E-state index contributed by atoms with van der Waals surface area (Å²) in [6.07, 6.45) is 8.55. The van der Waals surface area contributed by atoms with Gasteiger partial charge in [-0.05, 0) is 66.8 Å². The van der Waals surface area contributed by atoms with Gasteiger partial charge in [-0.3, -0.25) is 14.7 Å². The maximum absolute atomic E-state index is 15.3. The first-order valence-electron chi connectivity index (χ1n) is 14.9. The van der Waals surface area contributed by atoms with E-state index in [0.717, 1.165) is 64.1 Å². The van der Waals surface area contributed by atoms with Gasteiger partial charge in [-0.1, -0.05) is 30.9 Å². The van der Waals surface area contributed by atoms with Gasteiger partial charge in [0.15, 0.2) is 11.6 Å². The van der Waals surface area contributed by atoms with Gasteiger partial charge in [-0.2, -0.15) is 4.98 Å². The van der Waals surface area contributed by atoms with Crippen LogP contribution in [-0.2, 0) is 6.54 Å². The van der Waals surface area contributed by atoms with Crippen molar-refractivity contribution in [2.45, 2.75) is 104 Å². The van der Waals surface area contributed by atoms with E-state index in [1.807, 2.05) is 0 Å². The molecule has 2 N–H and O–H groups in total. The van der Waals surface area contributed by atoms with Crippen LogP contribution in [0.15, 0.2) is 12.3 Å². The van der Waals surface area contributed by atoms with Crippen LogP contribution in [0.3, 0.4) is 0 Å². The fourth-order valence-electron chi connectivity index (χ4n) is 5.92. The van der Waals surface area contributed by atoms with Gasteiger partial charge in [0.05, 0.1) is 13.2 Å². The lowest BCUT2D eigenvalue weighted by molar-refractivity contribution is 0.171. The lowest BCUT2D eigenvalue weighted by Crippen LogP contribution is -2.52. The summed E-state index contributed by atoms with van der Waals surface area (Å²) in [7, 11) is 0. The first-order chi connectivity index (χ1) is 19.6. The summed E-state index contributed by atoms with van der Waals surface area (Å²) in [5, 5.41) is 13.5. The van der Waals surface area contributed by atoms with E-state index in [9.17, 15) is 9.90 Å². The standard InChI is InChI=1S/C30H44ClFN6O3/c1-6-41-24-16-23(39)26(32)27(25(24)31)37-18-21-17-34-29(33-14-10-7-11-15-36(19(2)3)20(4)5)35-28(21)38(30(37)40)22-12-8-9-13-22/h16-17,19-20,22,39H,6-15,18H2,1-5H3,(H,33,34,35). The predicted molar refractivity (Wildman–Crippen MR) is 162 cm³/mol. The predicted octanol–water partition coefficient (Wildman–Crippen LogP) is 6.96. The molecular weight excluding hydrogens is 547 g/mol. The summed E-state index contributed by atoms with van der Waals surface area (Å²) >= 11 is 6.53. The molecule has 0 radical (unpaired) electrons. The number of nitrogens with one attached hydrogen (secondary N) is 1. The van der Waals surface area contributed by atoms with Gasteiger partial charge >= 0.3 is 6.03 Å². The molecule has 4 rings (SSSR count). The summed E-state index contributed by atoms with van der Waals surface area (Å²) in [5.41, 5.74) is 0.478. The van der Waals surface area contributed by atoms with Crippen LogP contribution in [0.1, 0.15) is 85.1 Å². The Hall–Kier alpha value is -2.85. The molecule has 0 spiro atoms. The number of phenolic OH excluding ortho intramolecular Hbond substituents is 1. The Balaban J connectivity index is 1.51. The molecule has 0 atom stereocenters. The molecule has 1 aromatic heterocycles. The van der Waals surface area contributed by atoms with Crippen LogP contribution in [0.5, 0.6) is 11.5 Å². The molecule has 2 heterocycles. The second-order valence-electron chi connectivity index (χ2n) is 11.4. The third-order valence-corrected chi connectivity index (χ3v) is 8.29. The van der Waals surface area contributed by atoms with E-state index in [-0.39, 0.29) is 35.7 Å². The second-order valence-corrected chi connectivity index (χ2v) is 11.8. The van der Waals surface area contributed by atoms with Crippen molar-refractivity contribution in [1.29, 1.82) is 0 Å². The van der Waals surface area contributed by atoms with Crippen molar-refractivity contribution < 1.29 is 19.0 Å². The molecule has 1 fully saturated rings. The molecule has 226 valence electrons. The zero-order valence-electron chi connectivity index (χ0n) is 24.9. The Morgan fingerprint density at radius 1 is 1.20 bits per heavy atom. The third kappa shape index (κ3) is 6.97. The molecule has 11 heteroatoms. The first-order valence-corrected chi connectivity index (χ1v) is 15.3. The van der Waals surface area contributed by atoms with E-state index in [1.54, 1.807) is 18.0 Å². The van der Waals surface area contributed by atoms with E-state index in [4.69, 9.17) is 21.3 Å². The highest BCUT2D eigenvalue weighted by molar-refractivity contribution is 6.35. The molecule has 2 aromatic rings. The molecule has 9 nitrogen and oxygen atoms in total. The number of urea groups is 1. The number of rotatable bonds is 13. The van der Waals surface area contributed by atoms with Crippen molar-refractivity contribution in [3.8, 4) is 11.5 Å². The van der Waals surface area contributed by atoms with E-state index in [2.05, 4.69) is 42.9 Å². The summed E-state index contributed by atoms with van der Waals surface area (Å²) in [6, 6.07) is 1.70. The molecule has 1 saturated carbocycles. The quantitative estimate of drug-likeness (QED) is 0.243. The number of ether oxygens (including phenoxy) is 1. The maximum atomic E-state index is 15.3. The van der Waals surface area contributed by atoms with Gasteiger partial charge in [-0.15, -0.1) is 0 Å². The number of fused-ring (bicyclic) bond motifs is 1. The van der Waals surface area contributed by atoms with Gasteiger partial charge < -0.3 is 15.2 Å². The van der Waals surface area contributed by atoms with Gasteiger partial charge in [0.25, 0.3) is 0 Å². The lowest BCUT2D eigenvalue weighted by Gasteiger charge is -2.39. The highest BCUT2D eigenvalue weighted by Gasteiger charge is 2.41. The lowest BCUT2D eigenvalue weighted by atomic mass is 10.1. The number of hydrogen-bond donors (Lipinski definition) is 2. The highest BCUT2D eigenvalue weighted by atomic mass is 35.5. The summed E-state index contributed by atoms with van der Waals surface area (Å²) < 4.78 is 20.8. The van der Waals surface area contributed by atoms with E-state index in [0.29, 0.717) is 29.4 Å². The van der Waals surface area contributed by atoms with Crippen molar-refractivity contribution >= 4 is 35.1 Å². The van der Waals surface area contributed by atoms with E-state index < -0.39 is 17.6 Å². The number of carbonyl (C=O) groups is 1. The summed E-state index contributed by atoms with van der Waals surface area (Å²) in [4.78, 5) is 28.7. The van der Waals surface area contributed by atoms with E-state index in [1.165, 1.54) is 4.90 Å². The fraction of sp³-hybridized carbons (Fsp3) is 0.633. The average Bonchev–Trinajstić information content (AvgIpc) is 3.46. The Labute approximate surface area is 248 Å². The number of benzene rings is 1. The molecule has 2 aliphatic rings. The normalized spacial score (nSPS) is 15.9. The summed E-state index contributed by atoms with van der Waals surface area (Å²) in [5.74, 6) is -0.464. The second kappa shape index (κ2) is 13.9.